The summed E-state index contributed by atoms with van der Waals surface area (Å²) in [5.41, 5.74) is 1.29. The first-order valence-electron chi connectivity index (χ1n) is 9.49. The molecule has 0 radical (unpaired) electrons. The molecule has 1 amide bonds. The van der Waals surface area contributed by atoms with E-state index in [9.17, 15) is 13.2 Å². The maximum atomic E-state index is 12.7. The highest BCUT2D eigenvalue weighted by atomic mass is 32.2. The number of sulfonamides is 1. The second-order valence-corrected chi connectivity index (χ2v) is 9.10. The van der Waals surface area contributed by atoms with Crippen LogP contribution in [0.4, 0.5) is 0 Å². The first-order valence-corrected chi connectivity index (χ1v) is 11.0. The predicted octanol–water partition coefficient (Wildman–Crippen LogP) is 0.998. The zero-order valence-corrected chi connectivity index (χ0v) is 18.3. The van der Waals surface area contributed by atoms with Crippen LogP contribution in [0.3, 0.4) is 0 Å². The van der Waals surface area contributed by atoms with Gasteiger partial charge < -0.3 is 15.0 Å². The maximum Gasteiger partial charge on any atom is 0.251 e. The number of benzene rings is 2. The molecule has 0 aliphatic heterocycles. The first kappa shape index (κ1) is 22.9. The van der Waals surface area contributed by atoms with Crippen molar-refractivity contribution in [2.75, 3.05) is 27.7 Å². The highest BCUT2D eigenvalue weighted by Gasteiger charge is 2.23. The van der Waals surface area contributed by atoms with Gasteiger partial charge in [-0.1, -0.05) is 18.2 Å². The van der Waals surface area contributed by atoms with Crippen molar-refractivity contribution >= 4 is 15.9 Å². The number of quaternary nitrogens is 1. The fourth-order valence-corrected chi connectivity index (χ4v) is 4.36. The van der Waals surface area contributed by atoms with Crippen molar-refractivity contribution in [2.24, 2.45) is 0 Å². The smallest absolute Gasteiger partial charge is 0.251 e. The molecule has 0 saturated heterocycles. The van der Waals surface area contributed by atoms with Gasteiger partial charge in [0.1, 0.15) is 11.8 Å². The zero-order valence-electron chi connectivity index (χ0n) is 17.5. The van der Waals surface area contributed by atoms with Crippen molar-refractivity contribution in [2.45, 2.75) is 30.8 Å². The van der Waals surface area contributed by atoms with Crippen LogP contribution < -0.4 is 19.7 Å². The van der Waals surface area contributed by atoms with E-state index in [1.165, 1.54) is 12.1 Å². The Morgan fingerprint density at radius 2 is 1.79 bits per heavy atom. The van der Waals surface area contributed by atoms with Crippen molar-refractivity contribution in [1.29, 1.82) is 0 Å². The summed E-state index contributed by atoms with van der Waals surface area (Å²) < 4.78 is 32.7. The third-order valence-corrected chi connectivity index (χ3v) is 6.13. The van der Waals surface area contributed by atoms with Crippen LogP contribution in [-0.2, 0) is 10.0 Å². The standard InChI is InChI=1S/C21H29N3O4S/c1-15(2)23-29(26,27)17-10-8-9-16(13-17)21(25)22-14-19(24(3)4)18-11-6-7-12-20(18)28-5/h6-13,15,19,23H,14H2,1-5H3,(H,22,25)/p+1/t19-/m1/s1. The summed E-state index contributed by atoms with van der Waals surface area (Å²) >= 11 is 0. The monoisotopic (exact) mass is 420 g/mol. The molecule has 0 bridgehead atoms. The SMILES string of the molecule is COc1ccccc1[C@@H](CNC(=O)c1cccc(S(=O)(=O)NC(C)C)c1)[NH+](C)C. The van der Waals surface area contributed by atoms with Crippen molar-refractivity contribution < 1.29 is 22.8 Å². The highest BCUT2D eigenvalue weighted by molar-refractivity contribution is 7.89. The van der Waals surface area contributed by atoms with Crippen LogP contribution in [-0.4, -0.2) is 48.1 Å². The van der Waals surface area contributed by atoms with Crippen LogP contribution in [0, 0.1) is 0 Å². The van der Waals surface area contributed by atoms with Crippen molar-refractivity contribution in [3.8, 4) is 5.75 Å². The van der Waals surface area contributed by atoms with Crippen LogP contribution in [0.2, 0.25) is 0 Å². The van der Waals surface area contributed by atoms with Gasteiger partial charge in [-0.15, -0.1) is 0 Å². The van der Waals surface area contributed by atoms with Crippen LogP contribution in [0.15, 0.2) is 53.4 Å². The van der Waals surface area contributed by atoms with Gasteiger partial charge in [0.05, 0.1) is 38.2 Å². The fourth-order valence-electron chi connectivity index (χ4n) is 3.06. The molecule has 0 aliphatic carbocycles. The van der Waals surface area contributed by atoms with Gasteiger partial charge in [-0.2, -0.15) is 0 Å². The molecule has 1 atom stereocenters. The van der Waals surface area contributed by atoms with Crippen LogP contribution in [0.1, 0.15) is 35.8 Å². The summed E-state index contributed by atoms with van der Waals surface area (Å²) in [6.07, 6.45) is 0. The molecule has 0 saturated carbocycles. The van der Waals surface area contributed by atoms with Gasteiger partial charge in [-0.3, -0.25) is 4.79 Å². The number of hydrogen-bond donors (Lipinski definition) is 3. The van der Waals surface area contributed by atoms with Crippen LogP contribution in [0.25, 0.3) is 0 Å². The molecular formula is C21H30N3O4S+. The lowest BCUT2D eigenvalue weighted by atomic mass is 10.0. The lowest BCUT2D eigenvalue weighted by molar-refractivity contribution is -0.890. The summed E-state index contributed by atoms with van der Waals surface area (Å²) in [5, 5.41) is 2.92. The second kappa shape index (κ2) is 9.87. The summed E-state index contributed by atoms with van der Waals surface area (Å²) in [6, 6.07) is 13.5. The van der Waals surface area contributed by atoms with E-state index in [0.717, 1.165) is 16.2 Å². The summed E-state index contributed by atoms with van der Waals surface area (Å²) in [6.45, 7) is 3.87. The van der Waals surface area contributed by atoms with E-state index in [1.807, 2.05) is 38.4 Å². The van der Waals surface area contributed by atoms with E-state index in [4.69, 9.17) is 4.74 Å². The Bertz CT molecular complexity index is 942. The number of methoxy groups -OCH3 is 1. The number of para-hydroxylation sites is 1. The van der Waals surface area contributed by atoms with Crippen LogP contribution in [0.5, 0.6) is 5.75 Å². The van der Waals surface area contributed by atoms with Gasteiger partial charge in [0.25, 0.3) is 5.91 Å². The zero-order chi connectivity index (χ0) is 21.6. The molecular weight excluding hydrogens is 390 g/mol. The summed E-state index contributed by atoms with van der Waals surface area (Å²) in [5.74, 6) is 0.438. The molecule has 2 aromatic carbocycles. The Hall–Kier alpha value is -2.42. The topological polar surface area (TPSA) is 88.9 Å². The van der Waals surface area contributed by atoms with E-state index in [2.05, 4.69) is 10.0 Å². The minimum absolute atomic E-state index is 0.0235. The fraction of sp³-hybridized carbons (Fsp3) is 0.381. The van der Waals surface area contributed by atoms with Crippen molar-refractivity contribution in [3.05, 3.63) is 59.7 Å². The highest BCUT2D eigenvalue weighted by Crippen LogP contribution is 2.22. The van der Waals surface area contributed by atoms with Gasteiger partial charge >= 0.3 is 0 Å². The van der Waals surface area contributed by atoms with Crippen molar-refractivity contribution in [3.63, 3.8) is 0 Å². The molecule has 0 heterocycles. The Morgan fingerprint density at radius 1 is 1.10 bits per heavy atom. The number of carbonyl (C=O) groups is 1. The van der Waals surface area contributed by atoms with Gasteiger partial charge in [0.2, 0.25) is 10.0 Å². The molecule has 7 nitrogen and oxygen atoms in total. The summed E-state index contributed by atoms with van der Waals surface area (Å²) in [4.78, 5) is 13.9. The van der Waals surface area contributed by atoms with E-state index in [1.54, 1.807) is 33.1 Å². The molecule has 0 fully saturated rings. The third-order valence-electron chi connectivity index (χ3n) is 4.48. The Morgan fingerprint density at radius 3 is 2.41 bits per heavy atom. The average Bonchev–Trinajstić information content (AvgIpc) is 2.67. The van der Waals surface area contributed by atoms with Gasteiger partial charge in [-0.25, -0.2) is 13.1 Å². The van der Waals surface area contributed by atoms with Crippen molar-refractivity contribution in [1.82, 2.24) is 10.0 Å². The van der Waals surface area contributed by atoms with E-state index in [-0.39, 0.29) is 22.9 Å². The van der Waals surface area contributed by atoms with E-state index in [0.29, 0.717) is 12.1 Å². The number of rotatable bonds is 9. The van der Waals surface area contributed by atoms with Crippen LogP contribution >= 0.6 is 0 Å². The van der Waals surface area contributed by atoms with Gasteiger partial charge in [0.15, 0.2) is 0 Å². The minimum Gasteiger partial charge on any atom is -0.496 e. The molecule has 0 unspecified atom stereocenters. The number of carbonyl (C=O) groups excluding carboxylic acids is 1. The van der Waals surface area contributed by atoms with E-state index >= 15 is 0 Å². The number of ether oxygens (including phenoxy) is 1. The second-order valence-electron chi connectivity index (χ2n) is 7.39. The Labute approximate surface area is 173 Å². The van der Waals surface area contributed by atoms with E-state index < -0.39 is 10.0 Å². The molecule has 3 N–H and O–H groups in total. The quantitative estimate of drug-likeness (QED) is 0.565. The number of likely N-dealkylation sites (N-methyl/N-ethyl adjacent to an activating group) is 1. The molecule has 0 spiro atoms. The third kappa shape index (κ3) is 6.03. The largest absolute Gasteiger partial charge is 0.496 e. The van der Waals surface area contributed by atoms with Gasteiger partial charge in [-0.05, 0) is 44.2 Å². The molecule has 0 aliphatic rings. The Balaban J connectivity index is 2.18. The molecule has 2 aromatic rings. The molecule has 8 heteroatoms. The normalized spacial score (nSPS) is 12.8. The Kier molecular flexibility index (Phi) is 7.78. The lowest BCUT2D eigenvalue weighted by Crippen LogP contribution is -3.07. The minimum atomic E-state index is -3.66. The molecule has 0 aromatic heterocycles. The maximum absolute atomic E-state index is 12.7. The van der Waals surface area contributed by atoms with Gasteiger partial charge in [0, 0.05) is 11.6 Å². The summed E-state index contributed by atoms with van der Waals surface area (Å²) in [7, 11) is 1.97. The number of amides is 1. The molecule has 158 valence electrons. The molecule has 2 rings (SSSR count). The lowest BCUT2D eigenvalue weighted by Gasteiger charge is -2.23. The first-order chi connectivity index (χ1) is 13.7. The molecule has 29 heavy (non-hydrogen) atoms. The number of hydrogen-bond acceptors (Lipinski definition) is 4. The predicted molar refractivity (Wildman–Crippen MR) is 113 cm³/mol. The number of nitrogens with one attached hydrogen (secondary N) is 3. The average molecular weight is 421 g/mol.